The Hall–Kier alpha value is -2.40. The third-order valence-electron chi connectivity index (χ3n) is 5.07. The molecule has 0 saturated carbocycles. The van der Waals surface area contributed by atoms with Crippen LogP contribution < -0.4 is 5.73 Å². The van der Waals surface area contributed by atoms with E-state index >= 15 is 0 Å². The Morgan fingerprint density at radius 3 is 2.88 bits per heavy atom. The van der Waals surface area contributed by atoms with E-state index in [9.17, 15) is 0 Å². The molecule has 2 heterocycles. The first-order valence-corrected chi connectivity index (χ1v) is 8.31. The highest BCUT2D eigenvalue weighted by atomic mass is 16.5. The van der Waals surface area contributed by atoms with Gasteiger partial charge in [-0.3, -0.25) is 0 Å². The van der Waals surface area contributed by atoms with Gasteiger partial charge in [0.15, 0.2) is 0 Å². The lowest BCUT2D eigenvalue weighted by atomic mass is 9.95. The number of aromatic nitrogens is 3. The molecule has 0 bridgehead atoms. The topological polar surface area (TPSA) is 76.8 Å². The molecule has 0 unspecified atom stereocenters. The predicted molar refractivity (Wildman–Crippen MR) is 95.8 cm³/mol. The Kier molecular flexibility index (Phi) is 3.35. The van der Waals surface area contributed by atoms with Crippen molar-refractivity contribution in [3.8, 4) is 11.3 Å². The fraction of sp³-hybridized carbons (Fsp3) is 0.368. The molecule has 1 aliphatic carbocycles. The summed E-state index contributed by atoms with van der Waals surface area (Å²) in [7, 11) is 1.74. The van der Waals surface area contributed by atoms with Crippen molar-refractivity contribution in [2.75, 3.05) is 12.8 Å². The zero-order valence-electron chi connectivity index (χ0n) is 14.3. The van der Waals surface area contributed by atoms with Gasteiger partial charge in [0.2, 0.25) is 5.95 Å². The van der Waals surface area contributed by atoms with Crippen LogP contribution >= 0.6 is 0 Å². The first kappa shape index (κ1) is 15.1. The van der Waals surface area contributed by atoms with Crippen LogP contribution in [-0.4, -0.2) is 22.1 Å². The van der Waals surface area contributed by atoms with E-state index in [1.165, 1.54) is 22.2 Å². The molecular formula is C19H22N4O. The van der Waals surface area contributed by atoms with Gasteiger partial charge in [0.05, 0.1) is 11.3 Å². The minimum atomic E-state index is -0.337. The van der Waals surface area contributed by atoms with Crippen LogP contribution in [0.2, 0.25) is 0 Å². The summed E-state index contributed by atoms with van der Waals surface area (Å²) in [5.41, 5.74) is 12.3. The number of methoxy groups -OCH3 is 1. The van der Waals surface area contributed by atoms with E-state index in [2.05, 4.69) is 47.0 Å². The lowest BCUT2D eigenvalue weighted by Crippen LogP contribution is -2.19. The predicted octanol–water partition coefficient (Wildman–Crippen LogP) is 3.58. The average Bonchev–Trinajstić information content (AvgIpc) is 2.83. The smallest absolute Gasteiger partial charge is 0.220 e. The molecule has 24 heavy (non-hydrogen) atoms. The second kappa shape index (κ2) is 5.31. The van der Waals surface area contributed by atoms with Crippen molar-refractivity contribution in [3.05, 3.63) is 41.2 Å². The molecule has 3 aromatic rings. The highest BCUT2D eigenvalue weighted by Gasteiger charge is 2.24. The fourth-order valence-electron chi connectivity index (χ4n) is 3.47. The molecule has 4 rings (SSSR count). The van der Waals surface area contributed by atoms with Crippen LogP contribution in [0.3, 0.4) is 0 Å². The fourth-order valence-corrected chi connectivity index (χ4v) is 3.47. The Balaban J connectivity index is 2.02. The number of nitrogen functional groups attached to an aromatic ring is 1. The van der Waals surface area contributed by atoms with Gasteiger partial charge in [-0.1, -0.05) is 6.07 Å². The van der Waals surface area contributed by atoms with Crippen LogP contribution in [-0.2, 0) is 23.2 Å². The van der Waals surface area contributed by atoms with Crippen LogP contribution in [0, 0.1) is 0 Å². The van der Waals surface area contributed by atoms with E-state index in [1.807, 2.05) is 6.20 Å². The van der Waals surface area contributed by atoms with E-state index in [0.29, 0.717) is 5.95 Å². The first-order valence-electron chi connectivity index (χ1n) is 8.31. The van der Waals surface area contributed by atoms with Gasteiger partial charge < -0.3 is 15.5 Å². The number of hydrogen-bond acceptors (Lipinski definition) is 4. The van der Waals surface area contributed by atoms with Crippen molar-refractivity contribution >= 4 is 16.9 Å². The number of rotatable bonds is 2. The van der Waals surface area contributed by atoms with Gasteiger partial charge in [-0.2, -0.15) is 0 Å². The molecule has 0 fully saturated rings. The molecule has 2 aromatic heterocycles. The van der Waals surface area contributed by atoms with E-state index in [-0.39, 0.29) is 5.60 Å². The number of anilines is 1. The number of nitrogens with two attached hydrogens (primary N) is 1. The quantitative estimate of drug-likeness (QED) is 0.756. The number of hydrogen-bond donors (Lipinski definition) is 2. The summed E-state index contributed by atoms with van der Waals surface area (Å²) in [6, 6.07) is 6.46. The van der Waals surface area contributed by atoms with Crippen LogP contribution in [0.5, 0.6) is 0 Å². The highest BCUT2D eigenvalue weighted by molar-refractivity contribution is 5.98. The SMILES string of the molecule is COC(C)(C)c1ccc2[nH]c3c(c2c1)-c1nc(N)ncc1CCC3. The van der Waals surface area contributed by atoms with Crippen molar-refractivity contribution in [2.24, 2.45) is 0 Å². The molecule has 1 aromatic carbocycles. The summed E-state index contributed by atoms with van der Waals surface area (Å²) in [5, 5.41) is 1.17. The Morgan fingerprint density at radius 2 is 2.08 bits per heavy atom. The molecule has 0 amide bonds. The molecule has 5 heteroatoms. The first-order chi connectivity index (χ1) is 11.5. The molecule has 124 valence electrons. The van der Waals surface area contributed by atoms with Crippen LogP contribution in [0.1, 0.15) is 37.1 Å². The van der Waals surface area contributed by atoms with Crippen LogP contribution in [0.4, 0.5) is 5.95 Å². The Morgan fingerprint density at radius 1 is 1.25 bits per heavy atom. The molecule has 0 atom stereocenters. The van der Waals surface area contributed by atoms with Crippen molar-refractivity contribution in [3.63, 3.8) is 0 Å². The van der Waals surface area contributed by atoms with Gasteiger partial charge in [0.25, 0.3) is 0 Å². The maximum atomic E-state index is 5.87. The van der Waals surface area contributed by atoms with Gasteiger partial charge in [0.1, 0.15) is 0 Å². The molecule has 3 N–H and O–H groups in total. The second-order valence-electron chi connectivity index (χ2n) is 6.91. The zero-order chi connectivity index (χ0) is 16.9. The van der Waals surface area contributed by atoms with Crippen molar-refractivity contribution < 1.29 is 4.74 Å². The normalized spacial score (nSPS) is 14.3. The summed E-state index contributed by atoms with van der Waals surface area (Å²) >= 11 is 0. The monoisotopic (exact) mass is 322 g/mol. The van der Waals surface area contributed by atoms with Crippen molar-refractivity contribution in [1.82, 2.24) is 15.0 Å². The molecule has 0 spiro atoms. The van der Waals surface area contributed by atoms with Gasteiger partial charge in [0, 0.05) is 35.5 Å². The number of nitrogens with one attached hydrogen (secondary N) is 1. The highest BCUT2D eigenvalue weighted by Crippen LogP contribution is 2.38. The molecule has 5 nitrogen and oxygen atoms in total. The summed E-state index contributed by atoms with van der Waals surface area (Å²) in [6.45, 7) is 4.15. The van der Waals surface area contributed by atoms with E-state index in [4.69, 9.17) is 10.5 Å². The van der Waals surface area contributed by atoms with Crippen LogP contribution in [0.25, 0.3) is 22.2 Å². The minimum absolute atomic E-state index is 0.323. The van der Waals surface area contributed by atoms with Gasteiger partial charge in [-0.15, -0.1) is 0 Å². The minimum Gasteiger partial charge on any atom is -0.374 e. The summed E-state index contributed by atoms with van der Waals surface area (Å²) in [5.74, 6) is 0.323. The number of ether oxygens (including phenoxy) is 1. The number of aryl methyl sites for hydroxylation is 2. The van der Waals surface area contributed by atoms with Gasteiger partial charge in [-0.05, 0) is 56.4 Å². The lowest BCUT2D eigenvalue weighted by Gasteiger charge is -2.23. The zero-order valence-corrected chi connectivity index (χ0v) is 14.3. The summed E-state index contributed by atoms with van der Waals surface area (Å²) in [6.07, 6.45) is 4.93. The molecule has 1 aliphatic rings. The van der Waals surface area contributed by atoms with Gasteiger partial charge >= 0.3 is 0 Å². The maximum absolute atomic E-state index is 5.87. The van der Waals surface area contributed by atoms with Gasteiger partial charge in [-0.25, -0.2) is 9.97 Å². The Labute approximate surface area is 141 Å². The largest absolute Gasteiger partial charge is 0.374 e. The number of H-pyrrole nitrogens is 1. The van der Waals surface area contributed by atoms with E-state index in [0.717, 1.165) is 36.0 Å². The van der Waals surface area contributed by atoms with Crippen molar-refractivity contribution in [1.29, 1.82) is 0 Å². The molecule has 0 radical (unpaired) electrons. The van der Waals surface area contributed by atoms with Crippen molar-refractivity contribution in [2.45, 2.75) is 38.7 Å². The lowest BCUT2D eigenvalue weighted by molar-refractivity contribution is 0.0193. The third-order valence-corrected chi connectivity index (χ3v) is 5.07. The second-order valence-corrected chi connectivity index (χ2v) is 6.91. The number of benzene rings is 1. The maximum Gasteiger partial charge on any atom is 0.220 e. The Bertz CT molecular complexity index is 927. The standard InChI is InChI=1S/C19H22N4O/c1-19(2,24-3)12-7-8-14-13(9-12)16-15(22-14)6-4-5-11-10-21-18(20)23-17(11)16/h7-10,22H,4-6H2,1-3H3,(H2,20,21,23). The average molecular weight is 322 g/mol. The molecular weight excluding hydrogens is 300 g/mol. The number of nitrogens with zero attached hydrogens (tertiary/aromatic N) is 2. The van der Waals surface area contributed by atoms with E-state index in [1.54, 1.807) is 7.11 Å². The number of fused-ring (bicyclic) bond motifs is 5. The third kappa shape index (κ3) is 2.27. The summed E-state index contributed by atoms with van der Waals surface area (Å²) in [4.78, 5) is 12.3. The molecule has 0 saturated heterocycles. The van der Waals surface area contributed by atoms with Crippen LogP contribution in [0.15, 0.2) is 24.4 Å². The number of aromatic amines is 1. The molecule has 0 aliphatic heterocycles. The van der Waals surface area contributed by atoms with E-state index < -0.39 is 0 Å². The summed E-state index contributed by atoms with van der Waals surface area (Å²) < 4.78 is 5.65.